The molecule has 0 radical (unpaired) electrons. The van der Waals surface area contributed by atoms with Crippen molar-refractivity contribution in [3.8, 4) is 11.1 Å². The van der Waals surface area contributed by atoms with Crippen LogP contribution in [0, 0.1) is 5.82 Å². The van der Waals surface area contributed by atoms with E-state index in [9.17, 15) is 4.39 Å². The zero-order valence-corrected chi connectivity index (χ0v) is 8.37. The van der Waals surface area contributed by atoms with Crippen molar-refractivity contribution < 1.29 is 4.39 Å². The van der Waals surface area contributed by atoms with E-state index >= 15 is 0 Å². The molecule has 1 aromatic heterocycles. The molecule has 0 saturated carbocycles. The molecule has 0 saturated heterocycles. The maximum absolute atomic E-state index is 12.7. The summed E-state index contributed by atoms with van der Waals surface area (Å²) in [4.78, 5) is 0. The fourth-order valence-corrected chi connectivity index (χ4v) is 1.38. The van der Waals surface area contributed by atoms with Crippen molar-refractivity contribution in [2.45, 2.75) is 0 Å². The summed E-state index contributed by atoms with van der Waals surface area (Å²) in [6.45, 7) is 0. The lowest BCUT2D eigenvalue weighted by Crippen LogP contribution is -1.95. The molecule has 0 unspecified atom stereocenters. The fourth-order valence-electron chi connectivity index (χ4n) is 1.23. The van der Waals surface area contributed by atoms with Crippen LogP contribution in [0.4, 0.5) is 10.1 Å². The lowest BCUT2D eigenvalue weighted by Gasteiger charge is -2.05. The fraction of sp³-hybridized carbons (Fsp3) is 0. The van der Waals surface area contributed by atoms with E-state index in [4.69, 9.17) is 17.3 Å². The van der Waals surface area contributed by atoms with E-state index in [1.54, 1.807) is 12.1 Å². The second-order valence-corrected chi connectivity index (χ2v) is 3.33. The van der Waals surface area contributed by atoms with Crippen LogP contribution < -0.4 is 5.73 Å². The van der Waals surface area contributed by atoms with Gasteiger partial charge in [0.25, 0.3) is 0 Å². The number of rotatable bonds is 1. The summed E-state index contributed by atoms with van der Waals surface area (Å²) in [5, 5.41) is 7.44. The third kappa shape index (κ3) is 1.89. The molecule has 0 aliphatic heterocycles. The molecule has 0 amide bonds. The van der Waals surface area contributed by atoms with Crippen LogP contribution in [0.5, 0.6) is 0 Å². The SMILES string of the molecule is Nc1c(-c2ccc(F)cc2)cnnc1Cl. The van der Waals surface area contributed by atoms with Crippen molar-refractivity contribution in [3.05, 3.63) is 41.4 Å². The summed E-state index contributed by atoms with van der Waals surface area (Å²) in [7, 11) is 0. The highest BCUT2D eigenvalue weighted by atomic mass is 35.5. The second-order valence-electron chi connectivity index (χ2n) is 2.97. The van der Waals surface area contributed by atoms with Gasteiger partial charge in [-0.05, 0) is 17.7 Å². The molecule has 2 aromatic rings. The van der Waals surface area contributed by atoms with Crippen molar-refractivity contribution in [1.29, 1.82) is 0 Å². The van der Waals surface area contributed by atoms with Crippen molar-refractivity contribution in [2.75, 3.05) is 5.73 Å². The van der Waals surface area contributed by atoms with E-state index in [1.807, 2.05) is 0 Å². The zero-order valence-electron chi connectivity index (χ0n) is 7.61. The van der Waals surface area contributed by atoms with Crippen LogP contribution in [-0.2, 0) is 0 Å². The van der Waals surface area contributed by atoms with E-state index in [-0.39, 0.29) is 11.0 Å². The van der Waals surface area contributed by atoms with Crippen molar-refractivity contribution in [2.24, 2.45) is 0 Å². The maximum atomic E-state index is 12.7. The first-order valence-corrected chi connectivity index (χ1v) is 4.59. The van der Waals surface area contributed by atoms with Crippen molar-refractivity contribution in [3.63, 3.8) is 0 Å². The minimum absolute atomic E-state index is 0.150. The van der Waals surface area contributed by atoms with Gasteiger partial charge < -0.3 is 5.73 Å². The highest BCUT2D eigenvalue weighted by Crippen LogP contribution is 2.28. The van der Waals surface area contributed by atoms with Gasteiger partial charge >= 0.3 is 0 Å². The standard InChI is InChI=1S/C10H7ClFN3/c11-10-9(13)8(5-14-15-10)6-1-3-7(12)4-2-6/h1-5H,(H2,13,14). The molecular formula is C10H7ClFN3. The average molecular weight is 224 g/mol. The number of nitrogens with zero attached hydrogens (tertiary/aromatic N) is 2. The quantitative estimate of drug-likeness (QED) is 0.808. The molecule has 5 heteroatoms. The summed E-state index contributed by atoms with van der Waals surface area (Å²) in [5.41, 5.74) is 7.47. The van der Waals surface area contributed by atoms with Crippen molar-refractivity contribution >= 4 is 17.3 Å². The number of nitrogens with two attached hydrogens (primary N) is 1. The van der Waals surface area contributed by atoms with Crippen LogP contribution in [0.25, 0.3) is 11.1 Å². The molecule has 0 aliphatic carbocycles. The first-order valence-electron chi connectivity index (χ1n) is 4.21. The Morgan fingerprint density at radius 3 is 2.53 bits per heavy atom. The number of halogens is 2. The van der Waals surface area contributed by atoms with Gasteiger partial charge in [-0.2, -0.15) is 5.10 Å². The van der Waals surface area contributed by atoms with Crippen LogP contribution in [0.3, 0.4) is 0 Å². The lowest BCUT2D eigenvalue weighted by atomic mass is 10.1. The Balaban J connectivity index is 2.54. The van der Waals surface area contributed by atoms with Gasteiger partial charge in [-0.15, -0.1) is 5.10 Å². The van der Waals surface area contributed by atoms with Gasteiger partial charge in [0, 0.05) is 5.56 Å². The molecule has 1 heterocycles. The molecule has 0 bridgehead atoms. The van der Waals surface area contributed by atoms with Gasteiger partial charge in [-0.25, -0.2) is 4.39 Å². The van der Waals surface area contributed by atoms with Crippen LogP contribution in [0.15, 0.2) is 30.5 Å². The third-order valence-electron chi connectivity index (χ3n) is 2.00. The van der Waals surface area contributed by atoms with E-state index in [1.165, 1.54) is 18.3 Å². The van der Waals surface area contributed by atoms with Gasteiger partial charge in [0.2, 0.25) is 0 Å². The van der Waals surface area contributed by atoms with E-state index in [2.05, 4.69) is 10.2 Å². The number of anilines is 1. The monoisotopic (exact) mass is 223 g/mol. The molecule has 3 nitrogen and oxygen atoms in total. The Bertz CT molecular complexity index is 485. The Kier molecular flexibility index (Phi) is 2.51. The topological polar surface area (TPSA) is 51.8 Å². The maximum Gasteiger partial charge on any atom is 0.175 e. The molecule has 2 N–H and O–H groups in total. The van der Waals surface area contributed by atoms with Crippen LogP contribution in [0.1, 0.15) is 0 Å². The Morgan fingerprint density at radius 2 is 1.87 bits per heavy atom. The van der Waals surface area contributed by atoms with E-state index in [0.717, 1.165) is 5.56 Å². The van der Waals surface area contributed by atoms with Gasteiger partial charge in [-0.1, -0.05) is 23.7 Å². The number of benzene rings is 1. The number of hydrogen-bond donors (Lipinski definition) is 1. The highest BCUT2D eigenvalue weighted by molar-refractivity contribution is 6.32. The average Bonchev–Trinajstić information content (AvgIpc) is 2.24. The molecule has 0 aliphatic rings. The minimum atomic E-state index is -0.301. The van der Waals surface area contributed by atoms with Crippen molar-refractivity contribution in [1.82, 2.24) is 10.2 Å². The molecule has 15 heavy (non-hydrogen) atoms. The minimum Gasteiger partial charge on any atom is -0.396 e. The number of aromatic nitrogens is 2. The normalized spacial score (nSPS) is 10.3. The molecular weight excluding hydrogens is 217 g/mol. The zero-order chi connectivity index (χ0) is 10.8. The number of nitrogen functional groups attached to an aromatic ring is 1. The van der Waals surface area contributed by atoms with Gasteiger partial charge in [0.15, 0.2) is 5.15 Å². The van der Waals surface area contributed by atoms with Crippen LogP contribution in [0.2, 0.25) is 5.15 Å². The summed E-state index contributed by atoms with van der Waals surface area (Å²) < 4.78 is 12.7. The third-order valence-corrected chi connectivity index (χ3v) is 2.28. The van der Waals surface area contributed by atoms with Crippen LogP contribution >= 0.6 is 11.6 Å². The largest absolute Gasteiger partial charge is 0.396 e. The summed E-state index contributed by atoms with van der Waals surface area (Å²) in [6, 6.07) is 5.92. The molecule has 2 rings (SSSR count). The van der Waals surface area contributed by atoms with Gasteiger partial charge in [0.05, 0.1) is 11.9 Å². The predicted octanol–water partition coefficient (Wildman–Crippen LogP) is 2.52. The first kappa shape index (κ1) is 9.86. The summed E-state index contributed by atoms with van der Waals surface area (Å²) in [5.74, 6) is -0.301. The molecule has 0 fully saturated rings. The van der Waals surface area contributed by atoms with Gasteiger partial charge in [0.1, 0.15) is 5.82 Å². The predicted molar refractivity (Wildman–Crippen MR) is 56.8 cm³/mol. The molecule has 0 spiro atoms. The summed E-state index contributed by atoms with van der Waals surface area (Å²) in [6.07, 6.45) is 1.49. The number of hydrogen-bond acceptors (Lipinski definition) is 3. The Morgan fingerprint density at radius 1 is 1.20 bits per heavy atom. The van der Waals surface area contributed by atoms with E-state index in [0.29, 0.717) is 11.3 Å². The van der Waals surface area contributed by atoms with E-state index < -0.39 is 0 Å². The Labute approximate surface area is 90.7 Å². The smallest absolute Gasteiger partial charge is 0.175 e. The second kappa shape index (κ2) is 3.82. The molecule has 76 valence electrons. The Hall–Kier alpha value is -1.68. The van der Waals surface area contributed by atoms with Gasteiger partial charge in [-0.3, -0.25) is 0 Å². The lowest BCUT2D eigenvalue weighted by molar-refractivity contribution is 0.628. The summed E-state index contributed by atoms with van der Waals surface area (Å²) >= 11 is 5.72. The molecule has 0 atom stereocenters. The first-order chi connectivity index (χ1) is 7.18. The van der Waals surface area contributed by atoms with Crippen LogP contribution in [-0.4, -0.2) is 10.2 Å². The highest BCUT2D eigenvalue weighted by Gasteiger charge is 2.07. The molecule has 1 aromatic carbocycles.